The Labute approximate surface area is 157 Å². The molecule has 1 heterocycles. The summed E-state index contributed by atoms with van der Waals surface area (Å²) in [5.74, 6) is 1.63. The van der Waals surface area contributed by atoms with E-state index in [1.54, 1.807) is 7.05 Å². The molecule has 1 aliphatic rings. The molecule has 0 aromatic heterocycles. The van der Waals surface area contributed by atoms with Gasteiger partial charge in [-0.25, -0.2) is 0 Å². The van der Waals surface area contributed by atoms with Gasteiger partial charge in [-0.3, -0.25) is 9.79 Å². The minimum absolute atomic E-state index is 0. The molecular weight excluding hydrogens is 407 g/mol. The Balaban J connectivity index is 0.00000484. The van der Waals surface area contributed by atoms with E-state index in [0.717, 1.165) is 38.6 Å². The molecule has 0 aromatic carbocycles. The number of nitrogens with one attached hydrogen (secondary N) is 2. The van der Waals surface area contributed by atoms with Gasteiger partial charge in [0.05, 0.1) is 6.61 Å². The number of hydrogen-bond acceptors (Lipinski definition) is 3. The number of likely N-dealkylation sites (tertiary alicyclic amines) is 1. The van der Waals surface area contributed by atoms with E-state index < -0.39 is 0 Å². The van der Waals surface area contributed by atoms with Gasteiger partial charge < -0.3 is 20.3 Å². The van der Waals surface area contributed by atoms with Gasteiger partial charge in [0.25, 0.3) is 0 Å². The molecule has 0 aromatic rings. The van der Waals surface area contributed by atoms with Crippen molar-refractivity contribution in [2.24, 2.45) is 16.8 Å². The van der Waals surface area contributed by atoms with Crippen LogP contribution in [0.2, 0.25) is 0 Å². The SMILES string of the molecule is CN=C(NCCOCC(C)C)NC1CCN(C(=O)C(C)C)C1.I. The second-order valence-corrected chi connectivity index (χ2v) is 6.54. The molecule has 0 saturated carbocycles. The second kappa shape index (κ2) is 11.9. The summed E-state index contributed by atoms with van der Waals surface area (Å²) >= 11 is 0. The first-order valence-corrected chi connectivity index (χ1v) is 8.27. The molecule has 0 spiro atoms. The first kappa shape index (κ1) is 22.4. The van der Waals surface area contributed by atoms with E-state index in [0.29, 0.717) is 12.5 Å². The number of amides is 1. The summed E-state index contributed by atoms with van der Waals surface area (Å²) in [4.78, 5) is 18.1. The molecule has 0 bridgehead atoms. The minimum atomic E-state index is 0. The number of ether oxygens (including phenoxy) is 1. The topological polar surface area (TPSA) is 66.0 Å². The largest absolute Gasteiger partial charge is 0.379 e. The van der Waals surface area contributed by atoms with Crippen molar-refractivity contribution >= 4 is 35.8 Å². The normalized spacial score (nSPS) is 18.3. The summed E-state index contributed by atoms with van der Waals surface area (Å²) in [6.45, 7) is 11.9. The number of carbonyl (C=O) groups is 1. The monoisotopic (exact) mass is 440 g/mol. The van der Waals surface area contributed by atoms with Gasteiger partial charge in [-0.1, -0.05) is 27.7 Å². The predicted octanol–water partition coefficient (Wildman–Crippen LogP) is 1.70. The van der Waals surface area contributed by atoms with Crippen LogP contribution in [0.5, 0.6) is 0 Å². The minimum Gasteiger partial charge on any atom is -0.379 e. The van der Waals surface area contributed by atoms with Crippen molar-refractivity contribution < 1.29 is 9.53 Å². The van der Waals surface area contributed by atoms with E-state index >= 15 is 0 Å². The number of carbonyl (C=O) groups excluding carboxylic acids is 1. The summed E-state index contributed by atoms with van der Waals surface area (Å²) in [5, 5.41) is 6.63. The van der Waals surface area contributed by atoms with E-state index in [2.05, 4.69) is 29.5 Å². The molecule has 23 heavy (non-hydrogen) atoms. The molecule has 1 aliphatic heterocycles. The van der Waals surface area contributed by atoms with Crippen molar-refractivity contribution in [1.29, 1.82) is 0 Å². The van der Waals surface area contributed by atoms with Crippen LogP contribution < -0.4 is 10.6 Å². The van der Waals surface area contributed by atoms with Crippen LogP contribution in [0.15, 0.2) is 4.99 Å². The Morgan fingerprint density at radius 1 is 1.35 bits per heavy atom. The van der Waals surface area contributed by atoms with E-state index in [1.807, 2.05) is 18.7 Å². The number of guanidine groups is 1. The number of hydrogen-bond donors (Lipinski definition) is 2. The third-order valence-electron chi connectivity index (χ3n) is 3.55. The van der Waals surface area contributed by atoms with Gasteiger partial charge in [-0.15, -0.1) is 24.0 Å². The third kappa shape index (κ3) is 8.74. The molecule has 1 rings (SSSR count). The lowest BCUT2D eigenvalue weighted by atomic mass is 10.2. The zero-order valence-electron chi connectivity index (χ0n) is 15.1. The average Bonchev–Trinajstić information content (AvgIpc) is 2.92. The molecule has 1 amide bonds. The highest BCUT2D eigenvalue weighted by atomic mass is 127. The van der Waals surface area contributed by atoms with Crippen LogP contribution in [0, 0.1) is 11.8 Å². The van der Waals surface area contributed by atoms with Gasteiger partial charge in [0.1, 0.15) is 0 Å². The molecule has 2 N–H and O–H groups in total. The lowest BCUT2D eigenvalue weighted by molar-refractivity contribution is -0.133. The first-order valence-electron chi connectivity index (χ1n) is 8.27. The van der Waals surface area contributed by atoms with Gasteiger partial charge in [0.2, 0.25) is 5.91 Å². The molecule has 7 heteroatoms. The van der Waals surface area contributed by atoms with Crippen molar-refractivity contribution in [2.45, 2.75) is 40.2 Å². The molecular formula is C16H33IN4O2. The van der Waals surface area contributed by atoms with Crippen molar-refractivity contribution in [3.05, 3.63) is 0 Å². The van der Waals surface area contributed by atoms with E-state index in [9.17, 15) is 4.79 Å². The van der Waals surface area contributed by atoms with Crippen LogP contribution in [0.25, 0.3) is 0 Å². The van der Waals surface area contributed by atoms with Gasteiger partial charge in [0, 0.05) is 45.2 Å². The fourth-order valence-corrected chi connectivity index (χ4v) is 2.39. The molecule has 6 nitrogen and oxygen atoms in total. The highest BCUT2D eigenvalue weighted by Gasteiger charge is 2.27. The average molecular weight is 440 g/mol. The fourth-order valence-electron chi connectivity index (χ4n) is 2.39. The zero-order valence-corrected chi connectivity index (χ0v) is 17.4. The molecule has 0 aliphatic carbocycles. The summed E-state index contributed by atoms with van der Waals surface area (Å²) in [6.07, 6.45) is 0.961. The summed E-state index contributed by atoms with van der Waals surface area (Å²) in [7, 11) is 1.76. The van der Waals surface area contributed by atoms with Crippen molar-refractivity contribution in [2.75, 3.05) is 39.9 Å². The Morgan fingerprint density at radius 2 is 2.04 bits per heavy atom. The Bertz CT molecular complexity index is 375. The number of halogens is 1. The highest BCUT2D eigenvalue weighted by molar-refractivity contribution is 14.0. The molecule has 0 radical (unpaired) electrons. The Kier molecular flexibility index (Phi) is 11.6. The third-order valence-corrected chi connectivity index (χ3v) is 3.55. The quantitative estimate of drug-likeness (QED) is 0.274. The van der Waals surface area contributed by atoms with Gasteiger partial charge in [-0.2, -0.15) is 0 Å². The zero-order chi connectivity index (χ0) is 16.5. The molecule has 136 valence electrons. The summed E-state index contributed by atoms with van der Waals surface area (Å²) in [6, 6.07) is 0.269. The van der Waals surface area contributed by atoms with Crippen LogP contribution >= 0.6 is 24.0 Å². The van der Waals surface area contributed by atoms with Gasteiger partial charge in [0.15, 0.2) is 5.96 Å². The molecule has 1 unspecified atom stereocenters. The standard InChI is InChI=1S/C16H32N4O2.HI/c1-12(2)11-22-9-7-18-16(17-5)19-14-6-8-20(10-14)15(21)13(3)4;/h12-14H,6-11H2,1-5H3,(H2,17,18,19);1H. The van der Waals surface area contributed by atoms with Crippen LogP contribution in [0.3, 0.4) is 0 Å². The van der Waals surface area contributed by atoms with Gasteiger partial charge >= 0.3 is 0 Å². The molecule has 1 fully saturated rings. The van der Waals surface area contributed by atoms with E-state index in [1.165, 1.54) is 0 Å². The Morgan fingerprint density at radius 3 is 2.61 bits per heavy atom. The van der Waals surface area contributed by atoms with Crippen molar-refractivity contribution in [1.82, 2.24) is 15.5 Å². The van der Waals surface area contributed by atoms with Crippen molar-refractivity contribution in [3.63, 3.8) is 0 Å². The second-order valence-electron chi connectivity index (χ2n) is 6.54. The molecule has 1 atom stereocenters. The van der Waals surface area contributed by atoms with Crippen LogP contribution in [0.1, 0.15) is 34.1 Å². The lowest BCUT2D eigenvalue weighted by Crippen LogP contribution is -2.46. The predicted molar refractivity (Wildman–Crippen MR) is 105 cm³/mol. The first-order chi connectivity index (χ1) is 10.4. The summed E-state index contributed by atoms with van der Waals surface area (Å²) < 4.78 is 5.54. The van der Waals surface area contributed by atoms with E-state index in [-0.39, 0.29) is 41.8 Å². The smallest absolute Gasteiger partial charge is 0.225 e. The van der Waals surface area contributed by atoms with Gasteiger partial charge in [-0.05, 0) is 12.3 Å². The number of aliphatic imine (C=N–C) groups is 1. The molecule has 1 saturated heterocycles. The number of rotatable bonds is 7. The lowest BCUT2D eigenvalue weighted by Gasteiger charge is -2.20. The van der Waals surface area contributed by atoms with Crippen LogP contribution in [-0.2, 0) is 9.53 Å². The van der Waals surface area contributed by atoms with E-state index in [4.69, 9.17) is 4.74 Å². The fraction of sp³-hybridized carbons (Fsp3) is 0.875. The Hall–Kier alpha value is -0.570. The van der Waals surface area contributed by atoms with Crippen molar-refractivity contribution in [3.8, 4) is 0 Å². The van der Waals surface area contributed by atoms with Crippen LogP contribution in [-0.4, -0.2) is 62.7 Å². The highest BCUT2D eigenvalue weighted by Crippen LogP contribution is 2.12. The maximum atomic E-state index is 12.0. The maximum Gasteiger partial charge on any atom is 0.225 e. The maximum absolute atomic E-state index is 12.0. The van der Waals surface area contributed by atoms with Crippen LogP contribution in [0.4, 0.5) is 0 Å². The summed E-state index contributed by atoms with van der Waals surface area (Å²) in [5.41, 5.74) is 0. The number of nitrogens with zero attached hydrogens (tertiary/aromatic N) is 2.